The number of hydrogen-bond donors (Lipinski definition) is 1. The highest BCUT2D eigenvalue weighted by molar-refractivity contribution is 6.36. The number of hydrazone groups is 1. The maximum Gasteiger partial charge on any atom is 0.0715 e. The van der Waals surface area contributed by atoms with E-state index in [2.05, 4.69) is 52.7 Å². The number of halogens is 2. The lowest BCUT2D eigenvalue weighted by Gasteiger charge is -2.30. The van der Waals surface area contributed by atoms with Crippen LogP contribution in [0.3, 0.4) is 0 Å². The van der Waals surface area contributed by atoms with Gasteiger partial charge in [0.2, 0.25) is 0 Å². The number of nitrogens with zero attached hydrogens (tertiary/aromatic N) is 3. The van der Waals surface area contributed by atoms with Crippen molar-refractivity contribution >= 4 is 35.0 Å². The van der Waals surface area contributed by atoms with Gasteiger partial charge in [-0.2, -0.15) is 5.10 Å². The van der Waals surface area contributed by atoms with Gasteiger partial charge in [0.25, 0.3) is 0 Å². The number of benzene rings is 1. The molecular weight excluding hydrogens is 439 g/mol. The highest BCUT2D eigenvalue weighted by Gasteiger charge is 2.24. The lowest BCUT2D eigenvalue weighted by Crippen LogP contribution is -2.27. The van der Waals surface area contributed by atoms with E-state index in [1.165, 1.54) is 35.2 Å². The van der Waals surface area contributed by atoms with Crippen LogP contribution in [-0.2, 0) is 6.42 Å². The quantitative estimate of drug-likeness (QED) is 0.532. The molecule has 0 amide bonds. The van der Waals surface area contributed by atoms with Gasteiger partial charge in [-0.3, -0.25) is 5.01 Å². The summed E-state index contributed by atoms with van der Waals surface area (Å²) in [4.78, 5) is 2.42. The molecule has 1 fully saturated rings. The SMILES string of the molecule is C=C(NCCc1ccc(C2=C(N3CCCC3)C=NN(C)C2=C)cc1)C1=C(Cl)CCC=C1Cl. The molecule has 0 unspecified atom stereocenters. The van der Waals surface area contributed by atoms with Gasteiger partial charge in [-0.15, -0.1) is 0 Å². The molecule has 1 aromatic carbocycles. The number of hydrogen-bond acceptors (Lipinski definition) is 4. The van der Waals surface area contributed by atoms with Crippen molar-refractivity contribution in [2.75, 3.05) is 26.7 Å². The predicted octanol–water partition coefficient (Wildman–Crippen LogP) is 5.99. The van der Waals surface area contributed by atoms with E-state index in [1.807, 2.05) is 24.3 Å². The number of likely N-dealkylation sites (tertiary alicyclic amines) is 1. The standard InChI is InChI=1S/C26H30Cl2N4/c1-18(25-22(27)7-6-8-23(25)28)29-14-13-20-9-11-21(12-10-20)26-19(2)31(3)30-17-24(26)32-15-4-5-16-32/h7,9-12,17,29H,1-2,4-6,8,13-16H2,3H3. The fraction of sp³-hybridized carbons (Fsp3) is 0.346. The molecule has 0 atom stereocenters. The molecule has 32 heavy (non-hydrogen) atoms. The van der Waals surface area contributed by atoms with Gasteiger partial charge < -0.3 is 10.2 Å². The second-order valence-corrected chi connectivity index (χ2v) is 9.26. The second-order valence-electron chi connectivity index (χ2n) is 8.39. The smallest absolute Gasteiger partial charge is 0.0715 e. The topological polar surface area (TPSA) is 30.9 Å². The van der Waals surface area contributed by atoms with Crippen LogP contribution in [0.5, 0.6) is 0 Å². The minimum atomic E-state index is 0.686. The Hall–Kier alpha value is -2.43. The summed E-state index contributed by atoms with van der Waals surface area (Å²) < 4.78 is 0. The van der Waals surface area contributed by atoms with Crippen LogP contribution in [0.25, 0.3) is 5.57 Å². The van der Waals surface area contributed by atoms with Crippen molar-refractivity contribution in [2.24, 2.45) is 5.10 Å². The highest BCUT2D eigenvalue weighted by atomic mass is 35.5. The Morgan fingerprint density at radius 3 is 2.56 bits per heavy atom. The van der Waals surface area contributed by atoms with E-state index in [9.17, 15) is 0 Å². The molecule has 1 saturated heterocycles. The number of nitrogens with one attached hydrogen (secondary N) is 1. The van der Waals surface area contributed by atoms with Crippen LogP contribution in [0, 0.1) is 0 Å². The minimum Gasteiger partial charge on any atom is -0.385 e. The normalized spacial score (nSPS) is 19.1. The zero-order valence-electron chi connectivity index (χ0n) is 18.6. The van der Waals surface area contributed by atoms with Gasteiger partial charge in [0.1, 0.15) is 0 Å². The van der Waals surface area contributed by atoms with Crippen molar-refractivity contribution in [2.45, 2.75) is 32.1 Å². The van der Waals surface area contributed by atoms with E-state index in [4.69, 9.17) is 23.2 Å². The van der Waals surface area contributed by atoms with Crippen LogP contribution in [-0.4, -0.2) is 42.8 Å². The Bertz CT molecular complexity index is 1020. The van der Waals surface area contributed by atoms with Gasteiger partial charge in [0.05, 0.1) is 17.6 Å². The number of rotatable bonds is 7. The maximum absolute atomic E-state index is 6.37. The van der Waals surface area contributed by atoms with Crippen LogP contribution >= 0.6 is 23.2 Å². The fourth-order valence-corrected chi connectivity index (χ4v) is 5.08. The summed E-state index contributed by atoms with van der Waals surface area (Å²) in [5.41, 5.74) is 7.34. The van der Waals surface area contributed by atoms with Gasteiger partial charge in [-0.1, -0.05) is 66.7 Å². The molecule has 0 spiro atoms. The summed E-state index contributed by atoms with van der Waals surface area (Å²) in [6.45, 7) is 11.4. The van der Waals surface area contributed by atoms with Crippen LogP contribution in [0.15, 0.2) is 81.3 Å². The first-order valence-electron chi connectivity index (χ1n) is 11.2. The molecule has 6 heteroatoms. The second kappa shape index (κ2) is 10.0. The summed E-state index contributed by atoms with van der Waals surface area (Å²) in [5, 5.41) is 11.2. The molecule has 2 aliphatic heterocycles. The molecule has 1 N–H and O–H groups in total. The van der Waals surface area contributed by atoms with E-state index in [0.717, 1.165) is 60.9 Å². The number of allylic oxidation sites excluding steroid dienone is 5. The van der Waals surface area contributed by atoms with Crippen molar-refractivity contribution < 1.29 is 0 Å². The largest absolute Gasteiger partial charge is 0.385 e. The Balaban J connectivity index is 1.43. The Morgan fingerprint density at radius 2 is 1.88 bits per heavy atom. The Labute approximate surface area is 201 Å². The van der Waals surface area contributed by atoms with Crippen molar-refractivity contribution in [3.63, 3.8) is 0 Å². The summed E-state index contributed by atoms with van der Waals surface area (Å²) in [6, 6.07) is 8.75. The fourth-order valence-electron chi connectivity index (χ4n) is 4.37. The van der Waals surface area contributed by atoms with Gasteiger partial charge >= 0.3 is 0 Å². The van der Waals surface area contributed by atoms with Gasteiger partial charge in [0.15, 0.2) is 0 Å². The molecule has 4 nitrogen and oxygen atoms in total. The molecule has 0 bridgehead atoms. The third-order valence-electron chi connectivity index (χ3n) is 6.23. The zero-order valence-corrected chi connectivity index (χ0v) is 20.1. The lowest BCUT2D eigenvalue weighted by molar-refractivity contribution is 0.424. The molecule has 2 heterocycles. The van der Waals surface area contributed by atoms with Gasteiger partial charge in [-0.25, -0.2) is 0 Å². The van der Waals surface area contributed by atoms with E-state index >= 15 is 0 Å². The van der Waals surface area contributed by atoms with E-state index < -0.39 is 0 Å². The number of likely N-dealkylation sites (N-methyl/N-ethyl adjacent to an activating group) is 1. The highest BCUT2D eigenvalue weighted by Crippen LogP contribution is 2.34. The molecule has 0 saturated carbocycles. The molecule has 0 aromatic heterocycles. The van der Waals surface area contributed by atoms with Crippen molar-refractivity contribution in [1.29, 1.82) is 0 Å². The molecular formula is C26H30Cl2N4. The van der Waals surface area contributed by atoms with Crippen LogP contribution in [0.2, 0.25) is 0 Å². The van der Waals surface area contributed by atoms with Crippen LogP contribution in [0.1, 0.15) is 36.8 Å². The van der Waals surface area contributed by atoms with E-state index in [0.29, 0.717) is 5.03 Å². The van der Waals surface area contributed by atoms with Gasteiger partial charge in [0, 0.05) is 53.6 Å². The summed E-state index contributed by atoms with van der Waals surface area (Å²) in [6.07, 6.45) is 9.01. The minimum absolute atomic E-state index is 0.686. The molecule has 1 aromatic rings. The monoisotopic (exact) mass is 468 g/mol. The third kappa shape index (κ3) is 4.82. The Morgan fingerprint density at radius 1 is 1.16 bits per heavy atom. The van der Waals surface area contributed by atoms with Gasteiger partial charge in [-0.05, 0) is 43.2 Å². The predicted molar refractivity (Wildman–Crippen MR) is 136 cm³/mol. The maximum atomic E-state index is 6.37. The molecule has 3 aliphatic rings. The van der Waals surface area contributed by atoms with Crippen molar-refractivity contribution in [1.82, 2.24) is 15.2 Å². The average molecular weight is 469 g/mol. The lowest BCUT2D eigenvalue weighted by atomic mass is 9.97. The van der Waals surface area contributed by atoms with Crippen molar-refractivity contribution in [3.05, 3.63) is 87.4 Å². The van der Waals surface area contributed by atoms with Crippen molar-refractivity contribution in [3.8, 4) is 0 Å². The first kappa shape index (κ1) is 22.8. The van der Waals surface area contributed by atoms with E-state index in [1.54, 1.807) is 0 Å². The molecule has 1 aliphatic carbocycles. The summed E-state index contributed by atoms with van der Waals surface area (Å²) in [5.74, 6) is 0. The summed E-state index contributed by atoms with van der Waals surface area (Å²) in [7, 11) is 1.95. The third-order valence-corrected chi connectivity index (χ3v) is 6.95. The van der Waals surface area contributed by atoms with E-state index in [-0.39, 0.29) is 0 Å². The molecule has 0 radical (unpaired) electrons. The first-order valence-corrected chi connectivity index (χ1v) is 11.9. The summed E-state index contributed by atoms with van der Waals surface area (Å²) >= 11 is 12.7. The molecule has 4 rings (SSSR count). The Kier molecular flexibility index (Phi) is 7.12. The first-order chi connectivity index (χ1) is 15.5. The van der Waals surface area contributed by atoms with Crippen LogP contribution in [0.4, 0.5) is 0 Å². The zero-order chi connectivity index (χ0) is 22.7. The molecule has 168 valence electrons. The average Bonchev–Trinajstić information content (AvgIpc) is 3.31. The van der Waals surface area contributed by atoms with Crippen LogP contribution < -0.4 is 5.32 Å².